The van der Waals surface area contributed by atoms with Crippen molar-refractivity contribution in [3.05, 3.63) is 22.4 Å². The van der Waals surface area contributed by atoms with Crippen LogP contribution in [0, 0.1) is 5.92 Å². The van der Waals surface area contributed by atoms with Crippen molar-refractivity contribution in [3.63, 3.8) is 0 Å². The van der Waals surface area contributed by atoms with Crippen LogP contribution in [0.3, 0.4) is 0 Å². The maximum Gasteiger partial charge on any atom is 0.191 e. The van der Waals surface area contributed by atoms with Gasteiger partial charge < -0.3 is 20.1 Å². The van der Waals surface area contributed by atoms with E-state index in [0.29, 0.717) is 12.0 Å². The molecule has 1 aliphatic rings. The number of morpholine rings is 1. The summed E-state index contributed by atoms with van der Waals surface area (Å²) in [4.78, 5) is 8.73. The SMILES string of the molecule is CCNC(=NCC(c1cccs1)N1CCOCC1)NCCCOCC(C)C. The second-order valence-corrected chi connectivity index (χ2v) is 8.13. The lowest BCUT2D eigenvalue weighted by atomic mass is 10.2. The smallest absolute Gasteiger partial charge is 0.191 e. The van der Waals surface area contributed by atoms with Gasteiger partial charge >= 0.3 is 0 Å². The van der Waals surface area contributed by atoms with E-state index in [-0.39, 0.29) is 0 Å². The van der Waals surface area contributed by atoms with Gasteiger partial charge in [-0.25, -0.2) is 0 Å². The van der Waals surface area contributed by atoms with Crippen LogP contribution in [0.5, 0.6) is 0 Å². The highest BCUT2D eigenvalue weighted by molar-refractivity contribution is 7.10. The van der Waals surface area contributed by atoms with Gasteiger partial charge in [-0.15, -0.1) is 11.3 Å². The Morgan fingerprint density at radius 3 is 2.81 bits per heavy atom. The molecule has 1 fully saturated rings. The van der Waals surface area contributed by atoms with Crippen LogP contribution in [0.1, 0.15) is 38.1 Å². The second kappa shape index (κ2) is 13.1. The minimum atomic E-state index is 0.318. The van der Waals surface area contributed by atoms with Gasteiger partial charge in [-0.3, -0.25) is 9.89 Å². The van der Waals surface area contributed by atoms with Crippen molar-refractivity contribution >= 4 is 17.3 Å². The number of hydrogen-bond acceptors (Lipinski definition) is 5. The zero-order valence-corrected chi connectivity index (χ0v) is 17.9. The molecule has 1 unspecified atom stereocenters. The van der Waals surface area contributed by atoms with Crippen molar-refractivity contribution in [2.24, 2.45) is 10.9 Å². The maximum atomic E-state index is 5.65. The van der Waals surface area contributed by atoms with Crippen LogP contribution in [0.2, 0.25) is 0 Å². The number of guanidine groups is 1. The molecular weight excluding hydrogens is 360 g/mol. The number of hydrogen-bond donors (Lipinski definition) is 2. The summed E-state index contributed by atoms with van der Waals surface area (Å²) < 4.78 is 11.2. The van der Waals surface area contributed by atoms with Crippen molar-refractivity contribution in [1.82, 2.24) is 15.5 Å². The molecule has 0 aromatic carbocycles. The van der Waals surface area contributed by atoms with Crippen LogP contribution in [0.15, 0.2) is 22.5 Å². The zero-order valence-electron chi connectivity index (χ0n) is 17.1. The highest BCUT2D eigenvalue weighted by atomic mass is 32.1. The molecule has 7 heteroatoms. The van der Waals surface area contributed by atoms with Gasteiger partial charge in [-0.05, 0) is 30.7 Å². The Hall–Kier alpha value is -1.15. The van der Waals surface area contributed by atoms with E-state index in [9.17, 15) is 0 Å². The third-order valence-electron chi connectivity index (χ3n) is 4.33. The third kappa shape index (κ3) is 8.60. The molecule has 2 heterocycles. The Kier molecular flexibility index (Phi) is 10.7. The minimum absolute atomic E-state index is 0.318. The minimum Gasteiger partial charge on any atom is -0.381 e. The first kappa shape index (κ1) is 22.1. The molecule has 1 saturated heterocycles. The first-order valence-electron chi connectivity index (χ1n) is 10.2. The van der Waals surface area contributed by atoms with Gasteiger partial charge in [0.25, 0.3) is 0 Å². The average molecular weight is 397 g/mol. The summed E-state index contributed by atoms with van der Waals surface area (Å²) in [6, 6.07) is 4.66. The molecule has 0 bridgehead atoms. The summed E-state index contributed by atoms with van der Waals surface area (Å²) >= 11 is 1.81. The number of nitrogens with one attached hydrogen (secondary N) is 2. The van der Waals surface area contributed by atoms with Gasteiger partial charge in [0.05, 0.1) is 25.8 Å². The molecule has 1 aromatic heterocycles. The van der Waals surface area contributed by atoms with E-state index >= 15 is 0 Å². The van der Waals surface area contributed by atoms with Crippen LogP contribution < -0.4 is 10.6 Å². The van der Waals surface area contributed by atoms with Gasteiger partial charge in [-0.2, -0.15) is 0 Å². The maximum absolute atomic E-state index is 5.65. The molecule has 154 valence electrons. The number of rotatable bonds is 11. The summed E-state index contributed by atoms with van der Waals surface area (Å²) in [5, 5.41) is 8.93. The van der Waals surface area contributed by atoms with Crippen LogP contribution in [-0.2, 0) is 9.47 Å². The van der Waals surface area contributed by atoms with Gasteiger partial charge in [0.2, 0.25) is 0 Å². The van der Waals surface area contributed by atoms with E-state index in [4.69, 9.17) is 14.5 Å². The van der Waals surface area contributed by atoms with Crippen LogP contribution in [0.25, 0.3) is 0 Å². The lowest BCUT2D eigenvalue weighted by Gasteiger charge is -2.33. The molecule has 0 saturated carbocycles. The van der Waals surface area contributed by atoms with E-state index in [1.54, 1.807) is 0 Å². The molecular formula is C20H36N4O2S. The normalized spacial score (nSPS) is 17.3. The van der Waals surface area contributed by atoms with E-state index < -0.39 is 0 Å². The number of ether oxygens (including phenoxy) is 2. The molecule has 1 aliphatic heterocycles. The Morgan fingerprint density at radius 1 is 1.33 bits per heavy atom. The Balaban J connectivity index is 1.85. The molecule has 1 aromatic rings. The van der Waals surface area contributed by atoms with Gasteiger partial charge in [-0.1, -0.05) is 19.9 Å². The quantitative estimate of drug-likeness (QED) is 0.342. The van der Waals surface area contributed by atoms with Crippen molar-refractivity contribution in [2.75, 3.05) is 59.2 Å². The number of nitrogens with zero attached hydrogens (tertiary/aromatic N) is 2. The Bertz CT molecular complexity index is 516. The highest BCUT2D eigenvalue weighted by Gasteiger charge is 2.23. The lowest BCUT2D eigenvalue weighted by Crippen LogP contribution is -2.41. The predicted molar refractivity (Wildman–Crippen MR) is 114 cm³/mol. The van der Waals surface area contributed by atoms with Gasteiger partial charge in [0.15, 0.2) is 5.96 Å². The summed E-state index contributed by atoms with van der Waals surface area (Å²) in [5.74, 6) is 1.47. The molecule has 0 amide bonds. The fourth-order valence-corrected chi connectivity index (χ4v) is 3.83. The van der Waals surface area contributed by atoms with Crippen LogP contribution in [-0.4, -0.2) is 70.0 Å². The first-order valence-corrected chi connectivity index (χ1v) is 11.0. The van der Waals surface area contributed by atoms with Crippen LogP contribution >= 0.6 is 11.3 Å². The summed E-state index contributed by atoms with van der Waals surface area (Å²) in [7, 11) is 0. The second-order valence-electron chi connectivity index (χ2n) is 7.15. The van der Waals surface area contributed by atoms with Crippen molar-refractivity contribution in [2.45, 2.75) is 33.2 Å². The summed E-state index contributed by atoms with van der Waals surface area (Å²) in [5.41, 5.74) is 0. The largest absolute Gasteiger partial charge is 0.381 e. The molecule has 0 radical (unpaired) electrons. The Labute approximate surface area is 168 Å². The molecule has 0 aliphatic carbocycles. The first-order chi connectivity index (χ1) is 13.2. The van der Waals surface area contributed by atoms with E-state index in [1.165, 1.54) is 4.88 Å². The van der Waals surface area contributed by atoms with E-state index in [1.807, 2.05) is 11.3 Å². The van der Waals surface area contributed by atoms with E-state index in [2.05, 4.69) is 53.8 Å². The topological polar surface area (TPSA) is 58.1 Å². The predicted octanol–water partition coefficient (Wildman–Crippen LogP) is 2.74. The molecule has 2 N–H and O–H groups in total. The monoisotopic (exact) mass is 396 g/mol. The van der Waals surface area contributed by atoms with Gasteiger partial charge in [0.1, 0.15) is 0 Å². The number of thiophene rings is 1. The highest BCUT2D eigenvalue weighted by Crippen LogP contribution is 2.26. The van der Waals surface area contributed by atoms with Crippen molar-refractivity contribution < 1.29 is 9.47 Å². The fourth-order valence-electron chi connectivity index (χ4n) is 2.97. The molecule has 1 atom stereocenters. The molecule has 2 rings (SSSR count). The van der Waals surface area contributed by atoms with Crippen molar-refractivity contribution in [1.29, 1.82) is 0 Å². The molecule has 27 heavy (non-hydrogen) atoms. The Morgan fingerprint density at radius 2 is 2.15 bits per heavy atom. The zero-order chi connectivity index (χ0) is 19.3. The molecule has 6 nitrogen and oxygen atoms in total. The lowest BCUT2D eigenvalue weighted by molar-refractivity contribution is 0.0186. The van der Waals surface area contributed by atoms with Crippen LogP contribution in [0.4, 0.5) is 0 Å². The van der Waals surface area contributed by atoms with Crippen molar-refractivity contribution in [3.8, 4) is 0 Å². The standard InChI is InChI=1S/C20H36N4O2S/c1-4-21-20(22-8-6-11-26-16-17(2)3)23-15-18(19-7-5-14-27-19)24-9-12-25-13-10-24/h5,7,14,17-18H,4,6,8-13,15-16H2,1-3H3,(H2,21,22,23). The van der Waals surface area contributed by atoms with Gasteiger partial charge in [0, 0.05) is 44.3 Å². The fraction of sp³-hybridized carbons (Fsp3) is 0.750. The van der Waals surface area contributed by atoms with E-state index in [0.717, 1.165) is 71.5 Å². The summed E-state index contributed by atoms with van der Waals surface area (Å²) in [6.45, 7) is 14.1. The third-order valence-corrected chi connectivity index (χ3v) is 5.31. The average Bonchev–Trinajstić information content (AvgIpc) is 3.19. The summed E-state index contributed by atoms with van der Waals surface area (Å²) in [6.07, 6.45) is 0.981. The molecule has 0 spiro atoms. The number of aliphatic imine (C=N–C) groups is 1.